The number of phenolic OH excluding ortho intramolecular Hbond substituents is 1. The van der Waals surface area contributed by atoms with E-state index in [9.17, 15) is 9.59 Å². The van der Waals surface area contributed by atoms with Crippen LogP contribution in [-0.4, -0.2) is 40.1 Å². The minimum atomic E-state index is -0.843. The van der Waals surface area contributed by atoms with Crippen molar-refractivity contribution in [1.29, 1.82) is 0 Å². The van der Waals surface area contributed by atoms with Crippen molar-refractivity contribution < 1.29 is 19.8 Å². The van der Waals surface area contributed by atoms with Crippen LogP contribution in [0.25, 0.3) is 6.08 Å². The van der Waals surface area contributed by atoms with Crippen molar-refractivity contribution in [2.45, 2.75) is 12.8 Å². The Balaban J connectivity index is 1.97. The monoisotopic (exact) mass is 275 g/mol. The number of likely N-dealkylation sites (tertiary alicyclic amines) is 1. The van der Waals surface area contributed by atoms with Crippen LogP contribution in [0, 0.1) is 5.92 Å². The van der Waals surface area contributed by atoms with Gasteiger partial charge in [0.1, 0.15) is 5.75 Å². The summed E-state index contributed by atoms with van der Waals surface area (Å²) in [6.45, 7) is 0.872. The fourth-order valence-corrected chi connectivity index (χ4v) is 2.24. The molecule has 1 aliphatic heterocycles. The molecule has 0 bridgehead atoms. The van der Waals surface area contributed by atoms with Crippen LogP contribution < -0.4 is 0 Å². The van der Waals surface area contributed by atoms with Gasteiger partial charge in [-0.2, -0.15) is 0 Å². The molecule has 1 fully saturated rings. The van der Waals surface area contributed by atoms with Crippen molar-refractivity contribution >= 4 is 18.0 Å². The first kappa shape index (κ1) is 14.1. The predicted molar refractivity (Wildman–Crippen MR) is 74.1 cm³/mol. The van der Waals surface area contributed by atoms with Crippen LogP contribution in [0.3, 0.4) is 0 Å². The minimum absolute atomic E-state index is 0.175. The Morgan fingerprint density at radius 1 is 1.25 bits per heavy atom. The number of carbonyl (C=O) groups is 2. The number of hydrogen-bond donors (Lipinski definition) is 2. The van der Waals surface area contributed by atoms with Crippen molar-refractivity contribution in [2.24, 2.45) is 5.92 Å². The van der Waals surface area contributed by atoms with Crippen LogP contribution in [0.4, 0.5) is 0 Å². The molecule has 106 valence electrons. The largest absolute Gasteiger partial charge is 0.508 e. The number of aliphatic carboxylic acids is 1. The highest BCUT2D eigenvalue weighted by Crippen LogP contribution is 2.17. The standard InChI is InChI=1S/C15H17NO4/c17-13-6-3-11(4-7-13)5-8-14(18)16-9-1-2-12(10-16)15(19)20/h3-8,12,17H,1-2,9-10H2,(H,19,20)/b8-5+/t12-/m1/s1. The van der Waals surface area contributed by atoms with Crippen LogP contribution in [0.2, 0.25) is 0 Å². The zero-order valence-corrected chi connectivity index (χ0v) is 11.0. The van der Waals surface area contributed by atoms with E-state index >= 15 is 0 Å². The average Bonchev–Trinajstić information content (AvgIpc) is 2.46. The van der Waals surface area contributed by atoms with Crippen molar-refractivity contribution in [3.63, 3.8) is 0 Å². The van der Waals surface area contributed by atoms with E-state index in [0.717, 1.165) is 12.0 Å². The third kappa shape index (κ3) is 3.60. The summed E-state index contributed by atoms with van der Waals surface area (Å²) in [6.07, 6.45) is 4.44. The topological polar surface area (TPSA) is 77.8 Å². The Morgan fingerprint density at radius 2 is 1.95 bits per heavy atom. The highest BCUT2D eigenvalue weighted by atomic mass is 16.4. The Kier molecular flexibility index (Phi) is 4.40. The molecule has 2 rings (SSSR count). The lowest BCUT2D eigenvalue weighted by atomic mass is 9.98. The number of carboxylic acids is 1. The molecule has 5 heteroatoms. The lowest BCUT2D eigenvalue weighted by molar-refractivity contribution is -0.144. The molecule has 1 heterocycles. The maximum atomic E-state index is 12.0. The quantitative estimate of drug-likeness (QED) is 0.823. The molecule has 0 aromatic heterocycles. The molecule has 0 spiro atoms. The van der Waals surface area contributed by atoms with Crippen molar-refractivity contribution in [3.05, 3.63) is 35.9 Å². The molecule has 20 heavy (non-hydrogen) atoms. The third-order valence-corrected chi connectivity index (χ3v) is 3.39. The van der Waals surface area contributed by atoms with Gasteiger partial charge in [0, 0.05) is 19.2 Å². The van der Waals surface area contributed by atoms with E-state index < -0.39 is 11.9 Å². The summed E-state index contributed by atoms with van der Waals surface area (Å²) in [7, 11) is 0. The van der Waals surface area contributed by atoms with E-state index in [0.29, 0.717) is 13.0 Å². The Morgan fingerprint density at radius 3 is 2.60 bits per heavy atom. The zero-order valence-electron chi connectivity index (χ0n) is 11.0. The van der Waals surface area contributed by atoms with Gasteiger partial charge in [-0.05, 0) is 36.6 Å². The van der Waals surface area contributed by atoms with Crippen molar-refractivity contribution in [3.8, 4) is 5.75 Å². The zero-order chi connectivity index (χ0) is 14.5. The number of aromatic hydroxyl groups is 1. The summed E-state index contributed by atoms with van der Waals surface area (Å²) in [6, 6.07) is 6.50. The number of benzene rings is 1. The maximum absolute atomic E-state index is 12.0. The molecule has 0 aliphatic carbocycles. The van der Waals surface area contributed by atoms with E-state index in [1.54, 1.807) is 35.2 Å². The maximum Gasteiger partial charge on any atom is 0.308 e. The van der Waals surface area contributed by atoms with Crippen LogP contribution in [-0.2, 0) is 9.59 Å². The Bertz CT molecular complexity index is 521. The molecular formula is C15H17NO4. The summed E-state index contributed by atoms with van der Waals surface area (Å²) < 4.78 is 0. The predicted octanol–water partition coefficient (Wildman–Crippen LogP) is 1.73. The SMILES string of the molecule is O=C(O)[C@@H]1CCCN(C(=O)/C=C/c2ccc(O)cc2)C1. The number of carbonyl (C=O) groups excluding carboxylic acids is 1. The number of nitrogens with zero attached hydrogens (tertiary/aromatic N) is 1. The van der Waals surface area contributed by atoms with E-state index in [-0.39, 0.29) is 18.2 Å². The van der Waals surface area contributed by atoms with Gasteiger partial charge in [0.2, 0.25) is 5.91 Å². The first-order chi connectivity index (χ1) is 9.56. The van der Waals surface area contributed by atoms with Crippen molar-refractivity contribution in [1.82, 2.24) is 4.90 Å². The molecule has 1 aromatic carbocycles. The van der Waals surface area contributed by atoms with Crippen molar-refractivity contribution in [2.75, 3.05) is 13.1 Å². The fraction of sp³-hybridized carbons (Fsp3) is 0.333. The number of rotatable bonds is 3. The van der Waals surface area contributed by atoms with Gasteiger partial charge in [-0.1, -0.05) is 12.1 Å². The molecule has 1 amide bonds. The number of hydrogen-bond acceptors (Lipinski definition) is 3. The molecule has 2 N–H and O–H groups in total. The van der Waals surface area contributed by atoms with E-state index in [2.05, 4.69) is 0 Å². The lowest BCUT2D eigenvalue weighted by Crippen LogP contribution is -2.41. The molecule has 0 radical (unpaired) electrons. The van der Waals surface area contributed by atoms with Gasteiger partial charge in [-0.15, -0.1) is 0 Å². The third-order valence-electron chi connectivity index (χ3n) is 3.39. The van der Waals surface area contributed by atoms with Crippen LogP contribution in [0.5, 0.6) is 5.75 Å². The molecule has 5 nitrogen and oxygen atoms in total. The number of phenols is 1. The highest BCUT2D eigenvalue weighted by molar-refractivity contribution is 5.92. The van der Waals surface area contributed by atoms with Crippen LogP contribution >= 0.6 is 0 Å². The summed E-state index contributed by atoms with van der Waals surface area (Å²) in [4.78, 5) is 24.5. The number of amides is 1. The van der Waals surface area contributed by atoms with E-state index in [1.165, 1.54) is 6.08 Å². The van der Waals surface area contributed by atoms with E-state index in [4.69, 9.17) is 10.2 Å². The molecule has 1 atom stereocenters. The van der Waals surface area contributed by atoms with Gasteiger partial charge < -0.3 is 15.1 Å². The van der Waals surface area contributed by atoms with Gasteiger partial charge in [0.05, 0.1) is 5.92 Å². The molecule has 0 unspecified atom stereocenters. The first-order valence-electron chi connectivity index (χ1n) is 6.55. The summed E-state index contributed by atoms with van der Waals surface area (Å²) in [5.41, 5.74) is 0.808. The minimum Gasteiger partial charge on any atom is -0.508 e. The molecular weight excluding hydrogens is 258 g/mol. The van der Waals surface area contributed by atoms with E-state index in [1.807, 2.05) is 0 Å². The smallest absolute Gasteiger partial charge is 0.308 e. The van der Waals surface area contributed by atoms with Gasteiger partial charge in [0.15, 0.2) is 0 Å². The second-order valence-electron chi connectivity index (χ2n) is 4.89. The molecule has 1 saturated heterocycles. The molecule has 1 aromatic rings. The number of piperidine rings is 1. The molecule has 0 saturated carbocycles. The second-order valence-corrected chi connectivity index (χ2v) is 4.89. The van der Waals surface area contributed by atoms with Gasteiger partial charge in [0.25, 0.3) is 0 Å². The summed E-state index contributed by atoms with van der Waals surface area (Å²) in [5, 5.41) is 18.2. The normalized spacial score (nSPS) is 19.2. The lowest BCUT2D eigenvalue weighted by Gasteiger charge is -2.29. The molecule has 1 aliphatic rings. The van der Waals surface area contributed by atoms with Gasteiger partial charge in [-0.3, -0.25) is 9.59 Å². The number of carboxylic acid groups (broad SMARTS) is 1. The van der Waals surface area contributed by atoms with Gasteiger partial charge in [-0.25, -0.2) is 0 Å². The van der Waals surface area contributed by atoms with Gasteiger partial charge >= 0.3 is 5.97 Å². The highest BCUT2D eigenvalue weighted by Gasteiger charge is 2.26. The average molecular weight is 275 g/mol. The summed E-state index contributed by atoms with van der Waals surface area (Å²) in [5.74, 6) is -1.31. The van der Waals surface area contributed by atoms with Crippen LogP contribution in [0.15, 0.2) is 30.3 Å². The summed E-state index contributed by atoms with van der Waals surface area (Å²) >= 11 is 0. The van der Waals surface area contributed by atoms with Crippen LogP contribution in [0.1, 0.15) is 18.4 Å². The first-order valence-corrected chi connectivity index (χ1v) is 6.55. The Hall–Kier alpha value is -2.30. The Labute approximate surface area is 117 Å². The fourth-order valence-electron chi connectivity index (χ4n) is 2.24. The second kappa shape index (κ2) is 6.23.